The number of imidazole rings is 2. The van der Waals surface area contributed by atoms with E-state index in [1.165, 1.54) is 22.8 Å². The highest BCUT2D eigenvalue weighted by molar-refractivity contribution is 7.09. The van der Waals surface area contributed by atoms with Gasteiger partial charge in [0.15, 0.2) is 0 Å². The second-order valence-electron chi connectivity index (χ2n) is 7.81. The molecule has 7 aromatic rings. The zero-order valence-corrected chi connectivity index (χ0v) is 26.2. The average molecular weight is 613 g/mol. The normalized spacial score (nSPS) is 8.83. The summed E-state index contributed by atoms with van der Waals surface area (Å²) in [7, 11) is 0. The molecule has 7 heterocycles. The molecule has 0 saturated heterocycles. The maximum Gasteiger partial charge on any atom is 0.213 e. The molecule has 0 bridgehead atoms. The average Bonchev–Trinajstić information content (AvgIpc) is 3.79. The Morgan fingerprint density at radius 1 is 0.810 bits per heavy atom. The van der Waals surface area contributed by atoms with Crippen LogP contribution in [0.4, 0.5) is 0 Å². The molecule has 224 valence electrons. The van der Waals surface area contributed by atoms with Crippen molar-refractivity contribution in [2.24, 2.45) is 0 Å². The molecule has 3 N–H and O–H groups in total. The first kappa shape index (κ1) is 35.2. The van der Waals surface area contributed by atoms with Crippen molar-refractivity contribution < 1.29 is 8.94 Å². The van der Waals surface area contributed by atoms with Crippen LogP contribution >= 0.6 is 22.9 Å². The highest BCUT2D eigenvalue weighted by Crippen LogP contribution is 1.98. The topological polar surface area (TPSA) is 190 Å². The lowest BCUT2D eigenvalue weighted by Crippen LogP contribution is -1.66. The van der Waals surface area contributed by atoms with Gasteiger partial charge in [-0.25, -0.2) is 14.3 Å². The summed E-state index contributed by atoms with van der Waals surface area (Å²) in [5, 5.41) is 25.1. The fourth-order valence-corrected chi connectivity index (χ4v) is 2.76. The Morgan fingerprint density at radius 2 is 1.64 bits per heavy atom. The highest BCUT2D eigenvalue weighted by Gasteiger charge is 1.80. The minimum absolute atomic E-state index is 0.606. The van der Waals surface area contributed by atoms with E-state index in [0.717, 1.165) is 28.0 Å². The van der Waals surface area contributed by atoms with Crippen LogP contribution in [0, 0.1) is 48.5 Å². The minimum Gasteiger partial charge on any atom is -0.428 e. The van der Waals surface area contributed by atoms with Crippen LogP contribution in [-0.2, 0) is 0 Å². The molecule has 0 fully saturated rings. The standard InChI is InChI=1S/3C4H6N2.C4H5NO.C4H5NS.C3H4N2O.C3H4N2S/c1-4-2-5-3-6-4;1-4-5-2-3-6-4;3*1-4-2-3-5-6-4;2*1-3-5-4-2-6-3/h3*2-3H,1H3,(H,5,6);2*2-3H,1H3;2*2H,1H3. The number of H-pyrrole nitrogens is 3. The van der Waals surface area contributed by atoms with E-state index in [0.29, 0.717) is 5.89 Å². The molecule has 0 spiro atoms. The predicted molar refractivity (Wildman–Crippen MR) is 162 cm³/mol. The first-order chi connectivity index (χ1) is 20.3. The maximum absolute atomic E-state index is 4.61. The molecule has 0 aliphatic heterocycles. The third-order valence-electron chi connectivity index (χ3n) is 3.98. The molecule has 42 heavy (non-hydrogen) atoms. The molecule has 0 radical (unpaired) electrons. The van der Waals surface area contributed by atoms with E-state index < -0.39 is 0 Å². The lowest BCUT2D eigenvalue weighted by atomic mass is 10.5. The molecule has 0 aliphatic rings. The lowest BCUT2D eigenvalue weighted by molar-refractivity contribution is 0.397. The first-order valence-corrected chi connectivity index (χ1v) is 14.0. The number of aromatic nitrogens is 12. The van der Waals surface area contributed by atoms with Gasteiger partial charge in [0.25, 0.3) is 0 Å². The summed E-state index contributed by atoms with van der Waals surface area (Å²) in [6, 6.07) is 5.71. The van der Waals surface area contributed by atoms with Crippen molar-refractivity contribution in [1.29, 1.82) is 0 Å². The molecule has 7 rings (SSSR count). The summed E-state index contributed by atoms with van der Waals surface area (Å²) < 4.78 is 13.1. The Balaban J connectivity index is 0.000000245. The van der Waals surface area contributed by atoms with Crippen LogP contribution in [-0.4, -0.2) is 60.1 Å². The van der Waals surface area contributed by atoms with E-state index in [9.17, 15) is 0 Å². The van der Waals surface area contributed by atoms with Gasteiger partial charge in [0.2, 0.25) is 12.3 Å². The van der Waals surface area contributed by atoms with E-state index in [1.54, 1.807) is 73.3 Å². The Morgan fingerprint density at radius 3 is 1.81 bits per heavy atom. The fraction of sp³-hybridized carbons (Fsp3) is 0.269. The lowest BCUT2D eigenvalue weighted by Gasteiger charge is -1.68. The molecular formula is C26H36N12O2S2. The van der Waals surface area contributed by atoms with E-state index in [2.05, 4.69) is 69.0 Å². The Bertz CT molecular complexity index is 1100. The van der Waals surface area contributed by atoms with Crippen LogP contribution < -0.4 is 0 Å². The van der Waals surface area contributed by atoms with Crippen molar-refractivity contribution in [2.75, 3.05) is 0 Å². The quantitative estimate of drug-likeness (QED) is 0.187. The molecule has 0 aromatic carbocycles. The van der Waals surface area contributed by atoms with Gasteiger partial charge in [-0.05, 0) is 65.2 Å². The van der Waals surface area contributed by atoms with Crippen LogP contribution in [0.1, 0.15) is 38.7 Å². The molecule has 0 saturated carbocycles. The van der Waals surface area contributed by atoms with E-state index in [4.69, 9.17) is 0 Å². The summed E-state index contributed by atoms with van der Waals surface area (Å²) in [4.78, 5) is 14.7. The summed E-state index contributed by atoms with van der Waals surface area (Å²) >= 11 is 3.08. The highest BCUT2D eigenvalue weighted by atomic mass is 32.1. The van der Waals surface area contributed by atoms with Gasteiger partial charge < -0.3 is 18.9 Å². The van der Waals surface area contributed by atoms with Gasteiger partial charge in [-0.15, -0.1) is 31.7 Å². The van der Waals surface area contributed by atoms with Crippen LogP contribution in [0.5, 0.6) is 0 Å². The summed E-state index contributed by atoms with van der Waals surface area (Å²) in [5.41, 5.74) is 3.93. The van der Waals surface area contributed by atoms with E-state index >= 15 is 0 Å². The van der Waals surface area contributed by atoms with Gasteiger partial charge in [-0.2, -0.15) is 5.10 Å². The number of hydrogen-bond acceptors (Lipinski definition) is 13. The smallest absolute Gasteiger partial charge is 0.213 e. The zero-order chi connectivity index (χ0) is 30.8. The second kappa shape index (κ2) is 22.9. The number of aromatic amines is 3. The molecule has 0 unspecified atom stereocenters. The molecule has 0 amide bonds. The number of rotatable bonds is 0. The van der Waals surface area contributed by atoms with Crippen molar-refractivity contribution in [3.63, 3.8) is 0 Å². The van der Waals surface area contributed by atoms with Crippen LogP contribution in [0.3, 0.4) is 0 Å². The third-order valence-corrected chi connectivity index (χ3v) is 5.26. The van der Waals surface area contributed by atoms with Gasteiger partial charge in [-0.3, -0.25) is 5.10 Å². The summed E-state index contributed by atoms with van der Waals surface area (Å²) in [6.45, 7) is 13.4. The largest absolute Gasteiger partial charge is 0.428 e. The van der Waals surface area contributed by atoms with Gasteiger partial charge in [0, 0.05) is 60.2 Å². The second-order valence-corrected chi connectivity index (χ2v) is 9.89. The number of hydrogen-bond donors (Lipinski definition) is 3. The summed E-state index contributed by atoms with van der Waals surface area (Å²) in [6.07, 6.45) is 13.4. The molecular weight excluding hydrogens is 577 g/mol. The Hall–Kier alpha value is -4.83. The first-order valence-electron chi connectivity index (χ1n) is 12.3. The van der Waals surface area contributed by atoms with Crippen molar-refractivity contribution in [1.82, 2.24) is 60.1 Å². The monoisotopic (exact) mass is 612 g/mol. The van der Waals surface area contributed by atoms with Crippen molar-refractivity contribution in [2.45, 2.75) is 48.5 Å². The van der Waals surface area contributed by atoms with E-state index in [1.807, 2.05) is 53.7 Å². The molecule has 0 aliphatic carbocycles. The van der Waals surface area contributed by atoms with Gasteiger partial charge in [-0.1, -0.05) is 5.16 Å². The van der Waals surface area contributed by atoms with Crippen LogP contribution in [0.25, 0.3) is 0 Å². The molecule has 14 nitrogen and oxygen atoms in total. The maximum atomic E-state index is 4.61. The van der Waals surface area contributed by atoms with Crippen molar-refractivity contribution in [3.8, 4) is 0 Å². The number of aryl methyl sites for hydroxylation is 7. The molecule has 7 aromatic heterocycles. The number of nitrogens with zero attached hydrogens (tertiary/aromatic N) is 9. The van der Waals surface area contributed by atoms with Crippen LogP contribution in [0.15, 0.2) is 82.6 Å². The van der Waals surface area contributed by atoms with Gasteiger partial charge >= 0.3 is 0 Å². The van der Waals surface area contributed by atoms with Crippen molar-refractivity contribution >= 4 is 22.9 Å². The predicted octanol–water partition coefficient (Wildman–Crippen LogP) is 5.81. The van der Waals surface area contributed by atoms with Crippen molar-refractivity contribution in [3.05, 3.63) is 112 Å². The Kier molecular flexibility index (Phi) is 19.2. The number of nitrogens with one attached hydrogen (secondary N) is 3. The fourth-order valence-electron chi connectivity index (χ4n) is 2.01. The van der Waals surface area contributed by atoms with Gasteiger partial charge in [0.05, 0.1) is 12.5 Å². The van der Waals surface area contributed by atoms with Crippen LogP contribution in [0.2, 0.25) is 0 Å². The minimum atomic E-state index is 0.606. The third kappa shape index (κ3) is 21.0. The summed E-state index contributed by atoms with van der Waals surface area (Å²) in [5.74, 6) is 2.43. The Labute approximate surface area is 252 Å². The molecule has 0 atom stereocenters. The molecule has 16 heteroatoms. The SMILES string of the molecule is Cc1ccn[nH]1.Cc1ccno1.Cc1ccns1.Cc1cnc[nH]1.Cc1ncc[nH]1.Cc1nnco1.Cc1nncs1. The van der Waals surface area contributed by atoms with Gasteiger partial charge in [0.1, 0.15) is 22.1 Å². The zero-order valence-electron chi connectivity index (χ0n) is 24.6. The van der Waals surface area contributed by atoms with E-state index in [-0.39, 0.29) is 0 Å².